The molecule has 1 heterocycles. The summed E-state index contributed by atoms with van der Waals surface area (Å²) >= 11 is 0. The Morgan fingerprint density at radius 1 is 1.32 bits per heavy atom. The Kier molecular flexibility index (Phi) is 4.37. The number of nitrogens with one attached hydrogen (secondary N) is 2. The van der Waals surface area contributed by atoms with Crippen molar-refractivity contribution in [2.24, 2.45) is 17.7 Å². The number of nitrogens with zero attached hydrogens (tertiary/aromatic N) is 1. The molecule has 1 amide bonds. The van der Waals surface area contributed by atoms with E-state index in [1.165, 1.54) is 6.42 Å². The van der Waals surface area contributed by atoms with Crippen molar-refractivity contribution in [1.82, 2.24) is 10.3 Å². The second kappa shape index (κ2) is 6.02. The standard InChI is InChI=1S/C14H22N4O/c1-9-6-10(2)8-11(7-9)17-14(19)12-4-3-5-16-13(12)18-15/h3-5,9-11H,6-8,15H2,1-2H3,(H,16,18)(H,17,19). The summed E-state index contributed by atoms with van der Waals surface area (Å²) in [5.74, 6) is 7.01. The summed E-state index contributed by atoms with van der Waals surface area (Å²) in [5, 5.41) is 3.10. The number of rotatable bonds is 3. The fraction of sp³-hybridized carbons (Fsp3) is 0.571. The average Bonchev–Trinajstić information content (AvgIpc) is 2.37. The number of nitrogens with two attached hydrogens (primary N) is 1. The van der Waals surface area contributed by atoms with Gasteiger partial charge in [0.1, 0.15) is 0 Å². The van der Waals surface area contributed by atoms with E-state index in [1.54, 1.807) is 18.3 Å². The lowest BCUT2D eigenvalue weighted by Crippen LogP contribution is -2.40. The van der Waals surface area contributed by atoms with Crippen molar-refractivity contribution in [2.75, 3.05) is 5.43 Å². The van der Waals surface area contributed by atoms with E-state index in [-0.39, 0.29) is 11.9 Å². The highest BCUT2D eigenvalue weighted by Gasteiger charge is 2.25. The van der Waals surface area contributed by atoms with Crippen LogP contribution in [0.25, 0.3) is 0 Å². The molecule has 1 fully saturated rings. The monoisotopic (exact) mass is 262 g/mol. The summed E-state index contributed by atoms with van der Waals surface area (Å²) < 4.78 is 0. The van der Waals surface area contributed by atoms with Crippen LogP contribution in [-0.4, -0.2) is 16.9 Å². The van der Waals surface area contributed by atoms with Gasteiger partial charge in [-0.25, -0.2) is 10.8 Å². The molecular weight excluding hydrogens is 240 g/mol. The van der Waals surface area contributed by atoms with E-state index in [1.807, 2.05) is 0 Å². The second-order valence-electron chi connectivity index (χ2n) is 5.63. The first-order valence-electron chi connectivity index (χ1n) is 6.82. The van der Waals surface area contributed by atoms with Crippen molar-refractivity contribution in [3.63, 3.8) is 0 Å². The van der Waals surface area contributed by atoms with Crippen molar-refractivity contribution >= 4 is 11.7 Å². The molecule has 2 rings (SSSR count). The van der Waals surface area contributed by atoms with E-state index in [0.717, 1.165) is 12.8 Å². The van der Waals surface area contributed by atoms with Gasteiger partial charge in [-0.1, -0.05) is 13.8 Å². The zero-order chi connectivity index (χ0) is 13.8. The van der Waals surface area contributed by atoms with Crippen molar-refractivity contribution in [2.45, 2.75) is 39.2 Å². The number of anilines is 1. The number of pyridine rings is 1. The van der Waals surface area contributed by atoms with Crippen LogP contribution in [0.2, 0.25) is 0 Å². The van der Waals surface area contributed by atoms with Gasteiger partial charge in [0.15, 0.2) is 5.82 Å². The number of hydrogen-bond acceptors (Lipinski definition) is 4. The van der Waals surface area contributed by atoms with Gasteiger partial charge in [-0.2, -0.15) is 0 Å². The molecule has 0 aliphatic heterocycles. The third-order valence-corrected chi connectivity index (χ3v) is 3.70. The van der Waals surface area contributed by atoms with E-state index in [4.69, 9.17) is 5.84 Å². The molecule has 0 bridgehead atoms. The van der Waals surface area contributed by atoms with Gasteiger partial charge in [0, 0.05) is 12.2 Å². The fourth-order valence-corrected chi connectivity index (χ4v) is 3.03. The molecule has 4 N–H and O–H groups in total. The third kappa shape index (κ3) is 3.44. The van der Waals surface area contributed by atoms with Crippen LogP contribution in [0.5, 0.6) is 0 Å². The van der Waals surface area contributed by atoms with Gasteiger partial charge in [0.25, 0.3) is 5.91 Å². The Bertz CT molecular complexity index is 439. The van der Waals surface area contributed by atoms with Gasteiger partial charge in [0.05, 0.1) is 5.56 Å². The van der Waals surface area contributed by atoms with Gasteiger partial charge in [0.2, 0.25) is 0 Å². The number of amides is 1. The topological polar surface area (TPSA) is 80.0 Å². The molecule has 0 spiro atoms. The highest BCUT2D eigenvalue weighted by atomic mass is 16.1. The highest BCUT2D eigenvalue weighted by Crippen LogP contribution is 2.28. The molecule has 2 atom stereocenters. The van der Waals surface area contributed by atoms with Gasteiger partial charge < -0.3 is 10.7 Å². The molecule has 19 heavy (non-hydrogen) atoms. The SMILES string of the molecule is CC1CC(C)CC(NC(=O)c2cccnc2NN)C1. The average molecular weight is 262 g/mol. The predicted molar refractivity (Wildman–Crippen MR) is 75.5 cm³/mol. The van der Waals surface area contributed by atoms with Gasteiger partial charge in [-0.3, -0.25) is 4.79 Å². The first kappa shape index (κ1) is 13.8. The van der Waals surface area contributed by atoms with Crippen LogP contribution in [-0.2, 0) is 0 Å². The molecule has 0 aromatic carbocycles. The number of carbonyl (C=O) groups is 1. The lowest BCUT2D eigenvalue weighted by molar-refractivity contribution is 0.0911. The smallest absolute Gasteiger partial charge is 0.255 e. The number of hydrogen-bond donors (Lipinski definition) is 3. The molecule has 1 aliphatic carbocycles. The van der Waals surface area contributed by atoms with Crippen LogP contribution >= 0.6 is 0 Å². The van der Waals surface area contributed by atoms with Crippen LogP contribution in [0.3, 0.4) is 0 Å². The summed E-state index contributed by atoms with van der Waals surface area (Å²) in [5.41, 5.74) is 2.96. The minimum atomic E-state index is -0.104. The minimum Gasteiger partial charge on any atom is -0.349 e. The molecule has 1 saturated carbocycles. The number of aromatic nitrogens is 1. The Morgan fingerprint density at radius 2 is 2.00 bits per heavy atom. The van der Waals surface area contributed by atoms with E-state index in [9.17, 15) is 4.79 Å². The molecule has 5 heteroatoms. The molecule has 104 valence electrons. The normalized spacial score (nSPS) is 26.8. The minimum absolute atomic E-state index is 0.104. The maximum atomic E-state index is 12.3. The Morgan fingerprint density at radius 3 is 2.63 bits per heavy atom. The maximum Gasteiger partial charge on any atom is 0.255 e. The summed E-state index contributed by atoms with van der Waals surface area (Å²) in [6.07, 6.45) is 4.94. The second-order valence-corrected chi connectivity index (χ2v) is 5.63. The molecule has 1 aliphatic rings. The van der Waals surface area contributed by atoms with Crippen molar-refractivity contribution in [3.05, 3.63) is 23.9 Å². The Labute approximate surface area is 114 Å². The van der Waals surface area contributed by atoms with E-state index in [0.29, 0.717) is 23.2 Å². The molecule has 5 nitrogen and oxygen atoms in total. The fourth-order valence-electron chi connectivity index (χ4n) is 3.03. The quantitative estimate of drug-likeness (QED) is 0.574. The first-order chi connectivity index (χ1) is 9.10. The van der Waals surface area contributed by atoms with Gasteiger partial charge in [-0.05, 0) is 43.2 Å². The Hall–Kier alpha value is -1.62. The zero-order valence-corrected chi connectivity index (χ0v) is 11.5. The zero-order valence-electron chi connectivity index (χ0n) is 11.5. The number of carbonyl (C=O) groups excluding carboxylic acids is 1. The van der Waals surface area contributed by atoms with E-state index in [2.05, 4.69) is 29.6 Å². The summed E-state index contributed by atoms with van der Waals surface area (Å²) in [4.78, 5) is 16.3. The van der Waals surface area contributed by atoms with Crippen LogP contribution in [0, 0.1) is 11.8 Å². The van der Waals surface area contributed by atoms with Crippen molar-refractivity contribution < 1.29 is 4.79 Å². The lowest BCUT2D eigenvalue weighted by Gasteiger charge is -2.32. The molecule has 1 aromatic rings. The predicted octanol–water partition coefficient (Wildman–Crippen LogP) is 1.92. The van der Waals surface area contributed by atoms with Crippen molar-refractivity contribution in [3.8, 4) is 0 Å². The lowest BCUT2D eigenvalue weighted by atomic mass is 9.80. The summed E-state index contributed by atoms with van der Waals surface area (Å²) in [6, 6.07) is 3.71. The largest absolute Gasteiger partial charge is 0.349 e. The van der Waals surface area contributed by atoms with Gasteiger partial charge in [-0.15, -0.1) is 0 Å². The maximum absolute atomic E-state index is 12.3. The number of hydrazine groups is 1. The number of nitrogen functional groups attached to an aromatic ring is 1. The molecule has 2 unspecified atom stereocenters. The van der Waals surface area contributed by atoms with Crippen molar-refractivity contribution in [1.29, 1.82) is 0 Å². The summed E-state index contributed by atoms with van der Waals surface area (Å²) in [7, 11) is 0. The molecule has 0 radical (unpaired) electrons. The molecular formula is C14H22N4O. The van der Waals surface area contributed by atoms with Gasteiger partial charge >= 0.3 is 0 Å². The molecule has 1 aromatic heterocycles. The molecule has 0 saturated heterocycles. The van der Waals surface area contributed by atoms with E-state index >= 15 is 0 Å². The van der Waals surface area contributed by atoms with Crippen LogP contribution < -0.4 is 16.6 Å². The summed E-state index contributed by atoms with van der Waals surface area (Å²) in [6.45, 7) is 4.48. The third-order valence-electron chi connectivity index (χ3n) is 3.70. The van der Waals surface area contributed by atoms with Crippen LogP contribution in [0.4, 0.5) is 5.82 Å². The highest BCUT2D eigenvalue weighted by molar-refractivity contribution is 5.98. The van der Waals surface area contributed by atoms with E-state index < -0.39 is 0 Å². The first-order valence-corrected chi connectivity index (χ1v) is 6.82. The van der Waals surface area contributed by atoms with Crippen LogP contribution in [0.15, 0.2) is 18.3 Å². The van der Waals surface area contributed by atoms with Crippen LogP contribution in [0.1, 0.15) is 43.5 Å². The Balaban J connectivity index is 2.04.